The minimum atomic E-state index is 0.870. The van der Waals surface area contributed by atoms with E-state index in [9.17, 15) is 0 Å². The second kappa shape index (κ2) is 12.4. The molecule has 0 saturated carbocycles. The molecule has 0 fully saturated rings. The van der Waals surface area contributed by atoms with E-state index in [2.05, 4.69) is 198 Å². The fourth-order valence-electron chi connectivity index (χ4n) is 8.08. The maximum atomic E-state index is 6.73. The molecule has 0 aliphatic rings. The van der Waals surface area contributed by atoms with Crippen LogP contribution in [-0.4, -0.2) is 4.57 Å². The average Bonchev–Trinajstić information content (AvgIpc) is 3.91. The van der Waals surface area contributed by atoms with Crippen LogP contribution in [0.3, 0.4) is 0 Å². The summed E-state index contributed by atoms with van der Waals surface area (Å²) in [6, 6.07) is 69.5. The molecule has 0 unspecified atom stereocenters. The first-order valence-electron chi connectivity index (χ1n) is 18.3. The molecule has 0 N–H and O–H groups in total. The van der Waals surface area contributed by atoms with Gasteiger partial charge in [0.1, 0.15) is 5.58 Å². The Morgan fingerprint density at radius 1 is 0.444 bits per heavy atom. The Balaban J connectivity index is 1.02. The lowest BCUT2D eigenvalue weighted by molar-refractivity contribution is 0.645. The quantitative estimate of drug-likeness (QED) is 0.171. The molecule has 8 aromatic carbocycles. The average molecular weight is 709 g/mol. The van der Waals surface area contributed by atoms with Crippen molar-refractivity contribution in [1.82, 2.24) is 4.57 Å². The molecule has 0 saturated heterocycles. The van der Waals surface area contributed by atoms with Crippen LogP contribution in [0.1, 0.15) is 0 Å². The van der Waals surface area contributed by atoms with Crippen LogP contribution in [0.25, 0.3) is 81.1 Å². The van der Waals surface area contributed by atoms with Gasteiger partial charge in [-0.3, -0.25) is 4.57 Å². The largest absolute Gasteiger partial charge is 0.439 e. The molecule has 3 nitrogen and oxygen atoms in total. The maximum absolute atomic E-state index is 6.73. The molecule has 0 radical (unpaired) electrons. The van der Waals surface area contributed by atoms with Gasteiger partial charge in [-0.05, 0) is 89.0 Å². The molecular weight excluding hydrogens is 677 g/mol. The highest BCUT2D eigenvalue weighted by Crippen LogP contribution is 2.46. The molecule has 11 rings (SSSR count). The van der Waals surface area contributed by atoms with Gasteiger partial charge in [-0.15, -0.1) is 11.3 Å². The van der Waals surface area contributed by atoms with Crippen LogP contribution in [0.5, 0.6) is 0 Å². The molecule has 0 aliphatic carbocycles. The Hall–Kier alpha value is -6.88. The lowest BCUT2D eigenvalue weighted by atomic mass is 10.0. The fraction of sp³-hybridized carbons (Fsp3) is 0. The number of benzene rings is 8. The molecular formula is C50H32N2OS. The third-order valence-electron chi connectivity index (χ3n) is 10.6. The first-order chi connectivity index (χ1) is 26.8. The summed E-state index contributed by atoms with van der Waals surface area (Å²) in [4.78, 5) is 2.39. The van der Waals surface area contributed by atoms with Crippen molar-refractivity contribution in [3.63, 3.8) is 0 Å². The number of nitrogens with zero attached hydrogens (tertiary/aromatic N) is 2. The zero-order chi connectivity index (χ0) is 35.6. The molecule has 3 aromatic heterocycles. The van der Waals surface area contributed by atoms with Gasteiger partial charge in [0.15, 0.2) is 0 Å². The van der Waals surface area contributed by atoms with Gasteiger partial charge in [-0.25, -0.2) is 0 Å². The Kier molecular flexibility index (Phi) is 7.04. The highest BCUT2D eigenvalue weighted by atomic mass is 32.1. The number of hydrogen-bond donors (Lipinski definition) is 0. The lowest BCUT2D eigenvalue weighted by Gasteiger charge is -2.26. The van der Waals surface area contributed by atoms with Crippen molar-refractivity contribution in [1.29, 1.82) is 0 Å². The summed E-state index contributed by atoms with van der Waals surface area (Å²) in [6.45, 7) is 0. The lowest BCUT2D eigenvalue weighted by Crippen LogP contribution is -2.10. The van der Waals surface area contributed by atoms with Crippen LogP contribution in [0.4, 0.5) is 17.1 Å². The number of fused-ring (bicyclic) bond motifs is 8. The van der Waals surface area contributed by atoms with E-state index < -0.39 is 0 Å². The summed E-state index contributed by atoms with van der Waals surface area (Å²) >= 11 is 1.86. The van der Waals surface area contributed by atoms with Gasteiger partial charge in [0, 0.05) is 43.3 Å². The number of furan rings is 1. The second-order valence-electron chi connectivity index (χ2n) is 13.7. The second-order valence-corrected chi connectivity index (χ2v) is 14.8. The van der Waals surface area contributed by atoms with Crippen LogP contribution < -0.4 is 4.90 Å². The third kappa shape index (κ3) is 4.88. The third-order valence-corrected chi connectivity index (χ3v) is 11.8. The normalized spacial score (nSPS) is 11.7. The van der Waals surface area contributed by atoms with Gasteiger partial charge in [0.25, 0.3) is 0 Å². The van der Waals surface area contributed by atoms with Gasteiger partial charge < -0.3 is 9.32 Å². The monoisotopic (exact) mass is 708 g/mol. The topological polar surface area (TPSA) is 21.3 Å². The summed E-state index contributed by atoms with van der Waals surface area (Å²) < 4.78 is 11.5. The predicted molar refractivity (Wildman–Crippen MR) is 229 cm³/mol. The van der Waals surface area contributed by atoms with Crippen molar-refractivity contribution in [2.75, 3.05) is 4.90 Å². The Morgan fingerprint density at radius 2 is 1.04 bits per heavy atom. The van der Waals surface area contributed by atoms with Crippen LogP contribution in [0, 0.1) is 0 Å². The minimum Gasteiger partial charge on any atom is -0.439 e. The standard InChI is InChI=1S/C50H32N2OS/c1-3-12-33(13-4-1)34-22-27-38(28-23-34)51(45-20-11-18-41-40-16-8-10-21-47(40)54-49(41)45)39-29-24-35(25-30-39)36-26-31-43-46(32-36)53-50-48(43)42-17-7-9-19-44(42)52(50)37-14-5-2-6-15-37/h1-32H. The number of para-hydroxylation sites is 2. The molecule has 254 valence electrons. The predicted octanol–water partition coefficient (Wildman–Crippen LogP) is 14.7. The van der Waals surface area contributed by atoms with Crippen molar-refractivity contribution < 1.29 is 4.42 Å². The van der Waals surface area contributed by atoms with Gasteiger partial charge in [0.2, 0.25) is 5.71 Å². The molecule has 0 amide bonds. The van der Waals surface area contributed by atoms with Crippen molar-refractivity contribution in [2.24, 2.45) is 0 Å². The molecule has 0 aliphatic heterocycles. The first-order valence-corrected chi connectivity index (χ1v) is 19.1. The summed E-state index contributed by atoms with van der Waals surface area (Å²) in [5.74, 6) is 0. The van der Waals surface area contributed by atoms with E-state index in [-0.39, 0.29) is 0 Å². The van der Waals surface area contributed by atoms with E-state index in [0.29, 0.717) is 0 Å². The Morgan fingerprint density at radius 3 is 1.80 bits per heavy atom. The smallest absolute Gasteiger partial charge is 0.213 e. The van der Waals surface area contributed by atoms with Crippen LogP contribution in [-0.2, 0) is 0 Å². The van der Waals surface area contributed by atoms with Crippen molar-refractivity contribution in [2.45, 2.75) is 0 Å². The molecule has 3 heterocycles. The first kappa shape index (κ1) is 30.7. The maximum Gasteiger partial charge on any atom is 0.213 e. The molecule has 54 heavy (non-hydrogen) atoms. The van der Waals surface area contributed by atoms with Crippen molar-refractivity contribution >= 4 is 81.5 Å². The van der Waals surface area contributed by atoms with Crippen LogP contribution >= 0.6 is 11.3 Å². The van der Waals surface area contributed by atoms with E-state index in [4.69, 9.17) is 4.42 Å². The zero-order valence-corrected chi connectivity index (χ0v) is 30.0. The summed E-state index contributed by atoms with van der Waals surface area (Å²) in [5.41, 5.74) is 12.0. The van der Waals surface area contributed by atoms with Crippen LogP contribution in [0.15, 0.2) is 199 Å². The van der Waals surface area contributed by atoms with Gasteiger partial charge in [-0.2, -0.15) is 0 Å². The summed E-state index contributed by atoms with van der Waals surface area (Å²) in [6.07, 6.45) is 0. The Bertz CT molecular complexity index is 3140. The fourth-order valence-corrected chi connectivity index (χ4v) is 9.28. The van der Waals surface area contributed by atoms with E-state index in [1.54, 1.807) is 0 Å². The number of rotatable bonds is 6. The van der Waals surface area contributed by atoms with E-state index >= 15 is 0 Å². The highest BCUT2D eigenvalue weighted by molar-refractivity contribution is 7.26. The zero-order valence-electron chi connectivity index (χ0n) is 29.2. The molecule has 0 atom stereocenters. The van der Waals surface area contributed by atoms with Gasteiger partial charge >= 0.3 is 0 Å². The highest BCUT2D eigenvalue weighted by Gasteiger charge is 2.21. The Labute approximate surface area is 316 Å². The van der Waals surface area contributed by atoms with E-state index in [1.165, 1.54) is 42.4 Å². The summed E-state index contributed by atoms with van der Waals surface area (Å²) in [5, 5.41) is 6.04. The van der Waals surface area contributed by atoms with Gasteiger partial charge in [0.05, 0.1) is 21.3 Å². The number of anilines is 3. The summed E-state index contributed by atoms with van der Waals surface area (Å²) in [7, 11) is 0. The molecule has 4 heteroatoms. The molecule has 0 spiro atoms. The van der Waals surface area contributed by atoms with Crippen LogP contribution in [0.2, 0.25) is 0 Å². The van der Waals surface area contributed by atoms with E-state index in [0.717, 1.165) is 55.8 Å². The molecule has 0 bridgehead atoms. The van der Waals surface area contributed by atoms with Crippen molar-refractivity contribution in [3.05, 3.63) is 194 Å². The molecule has 11 aromatic rings. The SMILES string of the molecule is c1ccc(-c2ccc(N(c3ccc(-c4ccc5c(c4)oc4c5c5ccccc5n4-c4ccccc4)cc3)c3cccc4c3sc3ccccc34)cc2)cc1. The van der Waals surface area contributed by atoms with Crippen molar-refractivity contribution in [3.8, 4) is 27.9 Å². The van der Waals surface area contributed by atoms with E-state index in [1.807, 2.05) is 17.4 Å². The number of hydrogen-bond acceptors (Lipinski definition) is 3. The number of aromatic nitrogens is 1. The van der Waals surface area contributed by atoms with Gasteiger partial charge in [-0.1, -0.05) is 127 Å². The number of thiophene rings is 1. The minimum absolute atomic E-state index is 0.870.